The number of anilines is 2. The van der Waals surface area contributed by atoms with Crippen LogP contribution < -0.4 is 20.7 Å². The van der Waals surface area contributed by atoms with E-state index in [-0.39, 0.29) is 5.91 Å². The van der Waals surface area contributed by atoms with Crippen LogP contribution in [0.1, 0.15) is 38.3 Å². The zero-order valence-electron chi connectivity index (χ0n) is 23.2. The van der Waals surface area contributed by atoms with Gasteiger partial charge in [-0.3, -0.25) is 4.79 Å². The molecule has 6 rings (SSSR count). The number of morpholine rings is 1. The normalized spacial score (nSPS) is 14.7. The van der Waals surface area contributed by atoms with E-state index in [1.54, 1.807) is 11.3 Å². The zero-order chi connectivity index (χ0) is 27.8. The second-order valence-electron chi connectivity index (χ2n) is 10.4. The number of aryl methyl sites for hydroxylation is 3. The van der Waals surface area contributed by atoms with Crippen LogP contribution in [-0.4, -0.2) is 43.8 Å². The Kier molecular flexibility index (Phi) is 7.31. The number of amides is 1. The first-order valence-electron chi connectivity index (χ1n) is 13.7. The standard InChI is InChI=1S/C32H34N4O3S/c1-19-14-22(18-33)4-5-27(19)35-32(37)25-16-26-28(39-10-6-23-7-13-40-31(23)26)17-24(25)30-20(2)15-29(34-21(30)3)36-8-11-38-12-9-36/h4-5,7,13-17H,6,8-12,18,33H2,1-3H3,(H,35,37). The Morgan fingerprint density at radius 3 is 2.60 bits per heavy atom. The molecule has 206 valence electrons. The molecule has 7 nitrogen and oxygen atoms in total. The Balaban J connectivity index is 1.48. The lowest BCUT2D eigenvalue weighted by molar-refractivity contribution is 0.102. The fraction of sp³-hybridized carbons (Fsp3) is 0.312. The van der Waals surface area contributed by atoms with E-state index < -0.39 is 0 Å². The highest BCUT2D eigenvalue weighted by molar-refractivity contribution is 7.13. The second-order valence-corrected chi connectivity index (χ2v) is 11.3. The highest BCUT2D eigenvalue weighted by Gasteiger charge is 2.26. The van der Waals surface area contributed by atoms with Crippen LogP contribution in [0.25, 0.3) is 21.6 Å². The van der Waals surface area contributed by atoms with Crippen molar-refractivity contribution >= 4 is 28.7 Å². The third-order valence-electron chi connectivity index (χ3n) is 7.75. The molecule has 4 heterocycles. The summed E-state index contributed by atoms with van der Waals surface area (Å²) < 4.78 is 11.8. The van der Waals surface area contributed by atoms with E-state index in [4.69, 9.17) is 20.2 Å². The SMILES string of the molecule is Cc1cc(CN)ccc1NC(=O)c1cc2c(cc1-c1c(C)cc(N3CCOCC3)nc1C)OCCc1ccsc1-2. The summed E-state index contributed by atoms with van der Waals surface area (Å²) in [7, 11) is 0. The van der Waals surface area contributed by atoms with Gasteiger partial charge in [-0.15, -0.1) is 11.3 Å². The number of nitrogens with two attached hydrogens (primary N) is 1. The number of carbonyl (C=O) groups excluding carboxylic acids is 1. The molecule has 2 aromatic carbocycles. The third kappa shape index (κ3) is 4.98. The Morgan fingerprint density at radius 2 is 1.85 bits per heavy atom. The van der Waals surface area contributed by atoms with Crippen LogP contribution >= 0.6 is 11.3 Å². The number of benzene rings is 2. The summed E-state index contributed by atoms with van der Waals surface area (Å²) in [5.74, 6) is 1.57. The van der Waals surface area contributed by atoms with Gasteiger partial charge in [-0.2, -0.15) is 0 Å². The molecule has 1 amide bonds. The van der Waals surface area contributed by atoms with Gasteiger partial charge in [0.15, 0.2) is 0 Å². The number of nitrogens with one attached hydrogen (secondary N) is 1. The summed E-state index contributed by atoms with van der Waals surface area (Å²) >= 11 is 1.69. The minimum Gasteiger partial charge on any atom is -0.493 e. The molecule has 40 heavy (non-hydrogen) atoms. The van der Waals surface area contributed by atoms with E-state index in [2.05, 4.69) is 34.7 Å². The molecule has 0 saturated carbocycles. The average Bonchev–Trinajstić information content (AvgIpc) is 3.35. The summed E-state index contributed by atoms with van der Waals surface area (Å²) in [5, 5.41) is 5.28. The van der Waals surface area contributed by atoms with Gasteiger partial charge in [-0.1, -0.05) is 12.1 Å². The van der Waals surface area contributed by atoms with Crippen molar-refractivity contribution in [3.05, 3.63) is 81.4 Å². The van der Waals surface area contributed by atoms with Gasteiger partial charge < -0.3 is 25.4 Å². The van der Waals surface area contributed by atoms with Crippen LogP contribution in [0.3, 0.4) is 0 Å². The molecule has 0 radical (unpaired) electrons. The Hall–Kier alpha value is -3.72. The average molecular weight is 555 g/mol. The lowest BCUT2D eigenvalue weighted by Crippen LogP contribution is -2.36. The topological polar surface area (TPSA) is 89.7 Å². The largest absolute Gasteiger partial charge is 0.493 e. The quantitative estimate of drug-likeness (QED) is 0.320. The number of carbonyl (C=O) groups is 1. The number of hydrogen-bond donors (Lipinski definition) is 2. The zero-order valence-corrected chi connectivity index (χ0v) is 24.0. The molecular weight excluding hydrogens is 520 g/mol. The fourth-order valence-electron chi connectivity index (χ4n) is 5.67. The number of thiophene rings is 1. The van der Waals surface area contributed by atoms with Crippen molar-refractivity contribution in [3.63, 3.8) is 0 Å². The second kappa shape index (κ2) is 11.0. The van der Waals surface area contributed by atoms with E-state index >= 15 is 0 Å². The van der Waals surface area contributed by atoms with Gasteiger partial charge in [0, 0.05) is 64.6 Å². The molecule has 8 heteroatoms. The Morgan fingerprint density at radius 1 is 1.02 bits per heavy atom. The summed E-state index contributed by atoms with van der Waals surface area (Å²) in [6.07, 6.45) is 0.838. The number of rotatable bonds is 5. The first-order valence-corrected chi connectivity index (χ1v) is 14.6. The van der Waals surface area contributed by atoms with Crippen molar-refractivity contribution in [2.24, 2.45) is 5.73 Å². The first-order chi connectivity index (χ1) is 19.4. The fourth-order valence-corrected chi connectivity index (χ4v) is 6.64. The van der Waals surface area contributed by atoms with Crippen molar-refractivity contribution < 1.29 is 14.3 Å². The summed E-state index contributed by atoms with van der Waals surface area (Å²) in [6, 6.07) is 14.2. The van der Waals surface area contributed by atoms with Gasteiger partial charge in [0.1, 0.15) is 11.6 Å². The lowest BCUT2D eigenvalue weighted by Gasteiger charge is -2.29. The lowest BCUT2D eigenvalue weighted by atomic mass is 9.91. The number of pyridine rings is 1. The van der Waals surface area contributed by atoms with Crippen LogP contribution in [0.15, 0.2) is 47.8 Å². The van der Waals surface area contributed by atoms with Gasteiger partial charge in [0.05, 0.1) is 19.8 Å². The van der Waals surface area contributed by atoms with Crippen molar-refractivity contribution in [3.8, 4) is 27.3 Å². The molecule has 2 aliphatic heterocycles. The monoisotopic (exact) mass is 554 g/mol. The number of nitrogens with zero attached hydrogens (tertiary/aromatic N) is 2. The van der Waals surface area contributed by atoms with Crippen molar-refractivity contribution in [2.75, 3.05) is 43.1 Å². The molecule has 0 bridgehead atoms. The van der Waals surface area contributed by atoms with E-state index in [0.29, 0.717) is 31.9 Å². The predicted octanol–water partition coefficient (Wildman–Crippen LogP) is 5.88. The van der Waals surface area contributed by atoms with E-state index in [1.165, 1.54) is 5.56 Å². The van der Waals surface area contributed by atoms with Crippen molar-refractivity contribution in [1.29, 1.82) is 0 Å². The molecule has 0 aliphatic carbocycles. The molecule has 0 spiro atoms. The highest BCUT2D eigenvalue weighted by atomic mass is 32.1. The van der Waals surface area contributed by atoms with Crippen molar-refractivity contribution in [1.82, 2.24) is 4.98 Å². The molecular formula is C32H34N4O3S. The molecule has 0 unspecified atom stereocenters. The van der Waals surface area contributed by atoms with Crippen LogP contribution in [-0.2, 0) is 17.7 Å². The van der Waals surface area contributed by atoms with E-state index in [1.807, 2.05) is 44.2 Å². The maximum absolute atomic E-state index is 14.1. The van der Waals surface area contributed by atoms with Crippen LogP contribution in [0.2, 0.25) is 0 Å². The van der Waals surface area contributed by atoms with E-state index in [9.17, 15) is 4.79 Å². The van der Waals surface area contributed by atoms with Crippen LogP contribution in [0.5, 0.6) is 5.75 Å². The molecule has 4 aromatic rings. The van der Waals surface area contributed by atoms with Crippen LogP contribution in [0.4, 0.5) is 11.5 Å². The maximum atomic E-state index is 14.1. The summed E-state index contributed by atoms with van der Waals surface area (Å²) in [4.78, 5) is 22.5. The molecule has 1 fully saturated rings. The van der Waals surface area contributed by atoms with Gasteiger partial charge >= 0.3 is 0 Å². The first kappa shape index (κ1) is 26.5. The minimum atomic E-state index is -0.167. The Bertz CT molecular complexity index is 1570. The highest BCUT2D eigenvalue weighted by Crippen LogP contribution is 2.44. The minimum absolute atomic E-state index is 0.167. The van der Waals surface area contributed by atoms with Crippen LogP contribution in [0, 0.1) is 20.8 Å². The number of ether oxygens (including phenoxy) is 2. The van der Waals surface area contributed by atoms with E-state index in [0.717, 1.165) is 80.7 Å². The van der Waals surface area contributed by atoms with Gasteiger partial charge in [-0.05, 0) is 78.7 Å². The Labute approximate surface area is 239 Å². The molecule has 1 saturated heterocycles. The summed E-state index contributed by atoms with van der Waals surface area (Å²) in [6.45, 7) is 10.2. The number of hydrogen-bond acceptors (Lipinski definition) is 7. The summed E-state index contributed by atoms with van der Waals surface area (Å²) in [5.41, 5.74) is 15.1. The van der Waals surface area contributed by atoms with Gasteiger partial charge in [0.25, 0.3) is 5.91 Å². The predicted molar refractivity (Wildman–Crippen MR) is 162 cm³/mol. The molecule has 0 atom stereocenters. The number of fused-ring (bicyclic) bond motifs is 3. The third-order valence-corrected chi connectivity index (χ3v) is 8.74. The smallest absolute Gasteiger partial charge is 0.256 e. The molecule has 3 N–H and O–H groups in total. The maximum Gasteiger partial charge on any atom is 0.256 e. The van der Waals surface area contributed by atoms with Gasteiger partial charge in [-0.25, -0.2) is 4.98 Å². The van der Waals surface area contributed by atoms with Crippen molar-refractivity contribution in [2.45, 2.75) is 33.7 Å². The molecule has 2 aliphatic rings. The van der Waals surface area contributed by atoms with Gasteiger partial charge in [0.2, 0.25) is 0 Å². The molecule has 2 aromatic heterocycles. The number of aromatic nitrogens is 1.